The van der Waals surface area contributed by atoms with E-state index in [0.717, 1.165) is 5.41 Å². The average molecular weight is 632 g/mol. The zero-order valence-corrected chi connectivity index (χ0v) is 24.6. The van der Waals surface area contributed by atoms with Gasteiger partial charge in [0.05, 0.1) is 9.79 Å². The van der Waals surface area contributed by atoms with Crippen LogP contribution in [-0.2, 0) is 19.7 Å². The van der Waals surface area contributed by atoms with Gasteiger partial charge in [-0.05, 0) is 77.9 Å². The first kappa shape index (κ1) is 30.0. The number of nitrogens with one attached hydrogen (secondary N) is 3. The number of sulfone groups is 2. The van der Waals surface area contributed by atoms with E-state index in [1.165, 1.54) is 42.9 Å². The van der Waals surface area contributed by atoms with Gasteiger partial charge in [-0.1, -0.05) is 12.1 Å². The Labute approximate surface area is 253 Å². The highest BCUT2D eigenvalue weighted by Crippen LogP contribution is 2.30. The fraction of sp³-hybridized carbons (Fsp3) is 0.0333. The van der Waals surface area contributed by atoms with Gasteiger partial charge >= 0.3 is 6.03 Å². The van der Waals surface area contributed by atoms with Crippen molar-refractivity contribution in [2.24, 2.45) is 0 Å². The Hall–Kier alpha value is -5.47. The number of anilines is 3. The number of aromatic nitrogens is 1. The van der Waals surface area contributed by atoms with Crippen LogP contribution in [0.3, 0.4) is 0 Å². The maximum Gasteiger partial charge on any atom is 0.323 e. The molecule has 0 fully saturated rings. The largest absolute Gasteiger partial charge is 0.457 e. The summed E-state index contributed by atoms with van der Waals surface area (Å²) in [5.74, 6) is 0.623. The highest BCUT2D eigenvalue weighted by Gasteiger charge is 2.21. The first-order valence-electron chi connectivity index (χ1n) is 12.9. The van der Waals surface area contributed by atoms with Crippen molar-refractivity contribution in [1.29, 1.82) is 0 Å². The number of urea groups is 1. The number of hydrogen-bond donors (Lipinski definition) is 4. The quantitative estimate of drug-likeness (QED) is 0.227. The topological polar surface area (TPSA) is 187 Å². The molecular formula is C30H25N5O7S2. The van der Waals surface area contributed by atoms with E-state index in [1.54, 1.807) is 60.7 Å². The molecule has 0 atom stereocenters. The van der Waals surface area contributed by atoms with Crippen LogP contribution in [0.25, 0.3) is 12.2 Å². The molecule has 2 aliphatic heterocycles. The molecule has 0 unspecified atom stereocenters. The van der Waals surface area contributed by atoms with Crippen molar-refractivity contribution in [3.63, 3.8) is 0 Å². The van der Waals surface area contributed by atoms with Gasteiger partial charge in [0, 0.05) is 47.2 Å². The summed E-state index contributed by atoms with van der Waals surface area (Å²) in [6.45, 7) is 0. The number of carbonyl (C=O) groups is 2. The van der Waals surface area contributed by atoms with Gasteiger partial charge in [-0.2, -0.15) is 0 Å². The summed E-state index contributed by atoms with van der Waals surface area (Å²) < 4.78 is 52.2. The Kier molecular flexibility index (Phi) is 8.20. The van der Waals surface area contributed by atoms with Crippen LogP contribution in [0.2, 0.25) is 0 Å². The molecule has 0 radical (unpaired) electrons. The van der Waals surface area contributed by atoms with Crippen LogP contribution in [0.4, 0.5) is 21.9 Å². The molecule has 2 aliphatic rings. The molecule has 3 aromatic carbocycles. The van der Waals surface area contributed by atoms with Crippen molar-refractivity contribution in [2.45, 2.75) is 9.79 Å². The van der Waals surface area contributed by atoms with Crippen LogP contribution in [0.1, 0.15) is 21.6 Å². The predicted octanol–water partition coefficient (Wildman–Crippen LogP) is 4.66. The van der Waals surface area contributed by atoms with Crippen molar-refractivity contribution in [3.05, 3.63) is 107 Å². The minimum atomic E-state index is -3.45. The van der Waals surface area contributed by atoms with E-state index in [0.29, 0.717) is 44.6 Å². The van der Waals surface area contributed by atoms with E-state index >= 15 is 0 Å². The molecular weight excluding hydrogens is 606 g/mol. The van der Waals surface area contributed by atoms with Crippen LogP contribution in [0.15, 0.2) is 99.6 Å². The van der Waals surface area contributed by atoms with Crippen LogP contribution in [0.5, 0.6) is 11.5 Å². The Morgan fingerprint density at radius 3 is 1.98 bits per heavy atom. The molecule has 0 bridgehead atoms. The van der Waals surface area contributed by atoms with Gasteiger partial charge in [0.1, 0.15) is 17.2 Å². The maximum atomic E-state index is 12.3. The summed E-state index contributed by atoms with van der Waals surface area (Å²) >= 11 is 0. The normalized spacial score (nSPS) is 14.4. The van der Waals surface area contributed by atoms with E-state index < -0.39 is 25.7 Å². The summed E-state index contributed by atoms with van der Waals surface area (Å²) in [4.78, 5) is 28.4. The zero-order chi connectivity index (χ0) is 31.5. The van der Waals surface area contributed by atoms with Crippen LogP contribution >= 0.6 is 0 Å². The second-order valence-corrected chi connectivity index (χ2v) is 13.0. The molecule has 224 valence electrons. The first-order valence-corrected chi connectivity index (χ1v) is 16.0. The fourth-order valence-corrected chi connectivity index (χ4v) is 6.63. The Bertz CT molecular complexity index is 2060. The number of nitrogens with two attached hydrogens (primary N) is 1. The summed E-state index contributed by atoms with van der Waals surface area (Å²) in [6.07, 6.45) is 4.56. The van der Waals surface area contributed by atoms with Gasteiger partial charge in [-0.15, -0.1) is 0 Å². The molecule has 4 aromatic rings. The number of amides is 3. The predicted molar refractivity (Wildman–Crippen MR) is 167 cm³/mol. The van der Waals surface area contributed by atoms with Gasteiger partial charge in [0.2, 0.25) is 19.7 Å². The average Bonchev–Trinajstić information content (AvgIpc) is 3.47. The summed E-state index contributed by atoms with van der Waals surface area (Å²) in [5.41, 5.74) is 8.33. The van der Waals surface area contributed by atoms with Gasteiger partial charge in [-0.3, -0.25) is 9.78 Å². The monoisotopic (exact) mass is 631 g/mol. The van der Waals surface area contributed by atoms with Crippen LogP contribution in [-0.4, -0.2) is 40.8 Å². The number of fused-ring (bicyclic) bond motifs is 2. The molecule has 1 aromatic heterocycles. The van der Waals surface area contributed by atoms with Gasteiger partial charge in [0.25, 0.3) is 5.91 Å². The molecule has 14 heteroatoms. The van der Waals surface area contributed by atoms with Crippen molar-refractivity contribution in [2.75, 3.05) is 23.4 Å². The molecule has 0 aliphatic carbocycles. The van der Waals surface area contributed by atoms with Crippen molar-refractivity contribution < 1.29 is 31.2 Å². The van der Waals surface area contributed by atoms with Crippen LogP contribution < -0.4 is 26.4 Å². The molecule has 0 spiro atoms. The summed E-state index contributed by atoms with van der Waals surface area (Å²) in [7, 11) is -5.13. The number of pyridine rings is 1. The molecule has 3 amide bonds. The Morgan fingerprint density at radius 2 is 1.32 bits per heavy atom. The smallest absolute Gasteiger partial charge is 0.323 e. The van der Waals surface area contributed by atoms with E-state index in [9.17, 15) is 26.4 Å². The van der Waals surface area contributed by atoms with E-state index in [4.69, 9.17) is 10.5 Å². The third-order valence-corrected chi connectivity index (χ3v) is 9.24. The Morgan fingerprint density at radius 1 is 0.727 bits per heavy atom. The number of ether oxygens (including phenoxy) is 1. The second-order valence-electron chi connectivity index (χ2n) is 9.41. The highest BCUT2D eigenvalue weighted by atomic mass is 32.2. The van der Waals surface area contributed by atoms with E-state index in [2.05, 4.69) is 20.9 Å². The summed E-state index contributed by atoms with van der Waals surface area (Å²) in [6, 6.07) is 18.8. The molecule has 3 heterocycles. The van der Waals surface area contributed by atoms with Crippen molar-refractivity contribution >= 4 is 60.8 Å². The lowest BCUT2D eigenvalue weighted by Crippen LogP contribution is -2.19. The molecule has 44 heavy (non-hydrogen) atoms. The van der Waals surface area contributed by atoms with Gasteiger partial charge in [-0.25, -0.2) is 21.6 Å². The minimum Gasteiger partial charge on any atom is -0.457 e. The standard InChI is InChI=1S/C22H18N4O5S.C8H7NO2S/c1-23-21(27)19-13-18(8-10-24-19)31-17-6-4-15(5-7-17)25-22(28)26-16-3-2-14-9-11-32(29,30)20(14)12-16;9-7-2-1-6-3-4-12(10,11)8(6)5-7/h2-13H,1H3,(H,23,27)(H2,25,26,28);1-5H,9H2. The molecule has 6 rings (SSSR count). The number of nitrogen functional groups attached to an aromatic ring is 1. The Balaban J connectivity index is 0.000000266. The molecule has 0 saturated heterocycles. The lowest BCUT2D eigenvalue weighted by molar-refractivity contribution is 0.0957. The number of rotatable bonds is 5. The van der Waals surface area contributed by atoms with Crippen molar-refractivity contribution in [1.82, 2.24) is 10.3 Å². The number of benzene rings is 3. The number of nitrogens with zero attached hydrogens (tertiary/aromatic N) is 1. The number of hydrogen-bond acceptors (Lipinski definition) is 9. The van der Waals surface area contributed by atoms with Crippen molar-refractivity contribution in [3.8, 4) is 11.5 Å². The molecule has 0 saturated carbocycles. The SMILES string of the molecule is CNC(=O)c1cc(Oc2ccc(NC(=O)Nc3ccc4c(c3)S(=O)(=O)C=C4)cc2)ccn1.Nc1ccc2c(c1)S(=O)(=O)C=C2. The maximum absolute atomic E-state index is 12.3. The second kappa shape index (κ2) is 12.0. The van der Waals surface area contributed by atoms with Gasteiger partial charge in [0.15, 0.2) is 0 Å². The molecule has 5 N–H and O–H groups in total. The van der Waals surface area contributed by atoms with E-state index in [1.807, 2.05) is 0 Å². The van der Waals surface area contributed by atoms with E-state index in [-0.39, 0.29) is 16.5 Å². The third-order valence-electron chi connectivity index (χ3n) is 6.31. The minimum absolute atomic E-state index is 0.160. The zero-order valence-electron chi connectivity index (χ0n) is 23.0. The lowest BCUT2D eigenvalue weighted by Gasteiger charge is -2.10. The van der Waals surface area contributed by atoms with Crippen LogP contribution in [0, 0.1) is 0 Å². The molecule has 12 nitrogen and oxygen atoms in total. The number of carbonyl (C=O) groups excluding carboxylic acids is 2. The third kappa shape index (κ3) is 6.77. The first-order chi connectivity index (χ1) is 20.9. The lowest BCUT2D eigenvalue weighted by atomic mass is 10.2. The highest BCUT2D eigenvalue weighted by molar-refractivity contribution is 7.95. The fourth-order valence-electron chi connectivity index (χ4n) is 4.17. The van der Waals surface area contributed by atoms with Gasteiger partial charge < -0.3 is 26.4 Å². The summed E-state index contributed by atoms with van der Waals surface area (Å²) in [5, 5.41) is 10.1.